The van der Waals surface area contributed by atoms with E-state index < -0.39 is 44.9 Å². The summed E-state index contributed by atoms with van der Waals surface area (Å²) < 4.78 is 105. The molecule has 0 aliphatic heterocycles. The fourth-order valence-electron chi connectivity index (χ4n) is 1.77. The van der Waals surface area contributed by atoms with Crippen molar-refractivity contribution in [2.24, 2.45) is 0 Å². The maximum Gasteiger partial charge on any atom is 0.417 e. The van der Waals surface area contributed by atoms with Crippen molar-refractivity contribution in [2.45, 2.75) is 22.1 Å². The van der Waals surface area contributed by atoms with Gasteiger partial charge in [0.05, 0.1) is 20.9 Å². The van der Waals surface area contributed by atoms with Crippen LogP contribution in [0.15, 0.2) is 46.2 Å². The third kappa shape index (κ3) is 3.77. The number of alkyl halides is 6. The fourth-order valence-corrected chi connectivity index (χ4v) is 2.90. The van der Waals surface area contributed by atoms with Gasteiger partial charge in [0.1, 0.15) is 11.6 Å². The van der Waals surface area contributed by atoms with Gasteiger partial charge in [0.15, 0.2) is 0 Å². The maximum absolute atomic E-state index is 13.7. The second kappa shape index (κ2) is 6.03. The molecule has 2 aromatic rings. The van der Waals surface area contributed by atoms with E-state index in [2.05, 4.69) is 0 Å². The second-order valence-corrected chi connectivity index (χ2v) is 5.35. The first-order valence-corrected chi connectivity index (χ1v) is 6.72. The molecule has 9 heteroatoms. The van der Waals surface area contributed by atoms with Crippen molar-refractivity contribution >= 4 is 11.8 Å². The minimum Gasteiger partial charge on any atom is -0.206 e. The molecule has 0 aliphatic rings. The molecule has 124 valence electrons. The number of rotatable bonds is 2. The Kier molecular flexibility index (Phi) is 4.61. The quantitative estimate of drug-likeness (QED) is 0.580. The molecule has 0 spiro atoms. The molecule has 0 amide bonds. The zero-order valence-corrected chi connectivity index (χ0v) is 11.7. The van der Waals surface area contributed by atoms with E-state index in [9.17, 15) is 35.1 Å². The first kappa shape index (κ1) is 17.6. The molecule has 23 heavy (non-hydrogen) atoms. The lowest BCUT2D eigenvalue weighted by Crippen LogP contribution is -2.10. The molecule has 0 aliphatic carbocycles. The smallest absolute Gasteiger partial charge is 0.206 e. The summed E-state index contributed by atoms with van der Waals surface area (Å²) in [5.74, 6) is -2.78. The van der Waals surface area contributed by atoms with E-state index in [0.29, 0.717) is 24.3 Å². The molecular formula is C14H6F8S. The topological polar surface area (TPSA) is 0 Å². The molecule has 0 atom stereocenters. The molecular weight excluding hydrogens is 352 g/mol. The van der Waals surface area contributed by atoms with Crippen molar-refractivity contribution in [1.29, 1.82) is 0 Å². The van der Waals surface area contributed by atoms with E-state index in [4.69, 9.17) is 0 Å². The van der Waals surface area contributed by atoms with E-state index in [-0.39, 0.29) is 11.8 Å². The van der Waals surface area contributed by atoms with Gasteiger partial charge in [0.25, 0.3) is 0 Å². The predicted molar refractivity (Wildman–Crippen MR) is 66.9 cm³/mol. The van der Waals surface area contributed by atoms with Gasteiger partial charge < -0.3 is 0 Å². The summed E-state index contributed by atoms with van der Waals surface area (Å²) in [5, 5.41) is 0. The lowest BCUT2D eigenvalue weighted by Gasteiger charge is -2.16. The van der Waals surface area contributed by atoms with Gasteiger partial charge >= 0.3 is 12.4 Å². The Bertz CT molecular complexity index is 656. The van der Waals surface area contributed by atoms with Gasteiger partial charge in [-0.2, -0.15) is 26.3 Å². The monoisotopic (exact) mass is 358 g/mol. The molecule has 0 saturated heterocycles. The molecule has 2 aromatic carbocycles. The van der Waals surface area contributed by atoms with Crippen molar-refractivity contribution in [3.8, 4) is 0 Å². The predicted octanol–water partition coefficient (Wildman–Crippen LogP) is 6.15. The molecule has 0 unspecified atom stereocenters. The van der Waals surface area contributed by atoms with Gasteiger partial charge in [-0.25, -0.2) is 8.78 Å². The van der Waals surface area contributed by atoms with Gasteiger partial charge in [-0.1, -0.05) is 23.9 Å². The summed E-state index contributed by atoms with van der Waals surface area (Å²) in [6, 6.07) is 3.89. The van der Waals surface area contributed by atoms with Crippen LogP contribution in [-0.4, -0.2) is 0 Å². The highest BCUT2D eigenvalue weighted by Gasteiger charge is 2.38. The summed E-state index contributed by atoms with van der Waals surface area (Å²) in [4.78, 5) is -2.23. The highest BCUT2D eigenvalue weighted by molar-refractivity contribution is 7.99. The summed E-state index contributed by atoms with van der Waals surface area (Å²) in [7, 11) is 0. The Labute approximate surface area is 129 Å². The Morgan fingerprint density at radius 1 is 0.609 bits per heavy atom. The normalized spacial score (nSPS) is 12.5. The molecule has 0 saturated carbocycles. The van der Waals surface area contributed by atoms with Crippen molar-refractivity contribution < 1.29 is 35.1 Å². The van der Waals surface area contributed by atoms with E-state index in [1.165, 1.54) is 0 Å². The van der Waals surface area contributed by atoms with Crippen molar-refractivity contribution in [3.05, 3.63) is 59.2 Å². The zero-order chi connectivity index (χ0) is 17.4. The molecule has 0 N–H and O–H groups in total. The summed E-state index contributed by atoms with van der Waals surface area (Å²) in [6.07, 6.45) is -9.98. The Balaban J connectivity index is 2.62. The molecule has 0 bridgehead atoms. The van der Waals surface area contributed by atoms with Crippen LogP contribution in [0.2, 0.25) is 0 Å². The minimum atomic E-state index is -4.99. The summed E-state index contributed by atoms with van der Waals surface area (Å²) in [6.45, 7) is 0. The van der Waals surface area contributed by atoms with Gasteiger partial charge in [-0.3, -0.25) is 0 Å². The summed E-state index contributed by atoms with van der Waals surface area (Å²) >= 11 is -0.242. The average Bonchev–Trinajstić information content (AvgIpc) is 2.40. The Morgan fingerprint density at radius 2 is 0.957 bits per heavy atom. The molecule has 0 heterocycles. The van der Waals surface area contributed by atoms with Crippen LogP contribution in [0.3, 0.4) is 0 Å². The lowest BCUT2D eigenvalue weighted by atomic mass is 10.2. The van der Waals surface area contributed by atoms with Gasteiger partial charge in [0, 0.05) is 0 Å². The highest BCUT2D eigenvalue weighted by Crippen LogP contribution is 2.45. The van der Waals surface area contributed by atoms with Gasteiger partial charge in [-0.15, -0.1) is 0 Å². The SMILES string of the molecule is Fc1cccc(C(F)(F)F)c1Sc1c(F)cccc1C(F)(F)F. The van der Waals surface area contributed by atoms with Crippen LogP contribution >= 0.6 is 11.8 Å². The number of benzene rings is 2. The molecule has 0 aromatic heterocycles. The number of hydrogen-bond donors (Lipinski definition) is 0. The van der Waals surface area contributed by atoms with Crippen LogP contribution in [0.1, 0.15) is 11.1 Å². The highest BCUT2D eigenvalue weighted by atomic mass is 32.2. The fraction of sp³-hybridized carbons (Fsp3) is 0.143. The van der Waals surface area contributed by atoms with Crippen molar-refractivity contribution in [2.75, 3.05) is 0 Å². The van der Waals surface area contributed by atoms with Crippen LogP contribution in [0, 0.1) is 11.6 Å². The largest absolute Gasteiger partial charge is 0.417 e. The summed E-state index contributed by atoms with van der Waals surface area (Å²) in [5.41, 5.74) is -2.95. The minimum absolute atomic E-state index is 0.242. The van der Waals surface area contributed by atoms with Crippen molar-refractivity contribution in [1.82, 2.24) is 0 Å². The molecule has 0 nitrogen and oxygen atoms in total. The van der Waals surface area contributed by atoms with Crippen LogP contribution in [-0.2, 0) is 12.4 Å². The number of hydrogen-bond acceptors (Lipinski definition) is 1. The lowest BCUT2D eigenvalue weighted by molar-refractivity contribution is -0.140. The first-order valence-electron chi connectivity index (χ1n) is 5.91. The Hall–Kier alpha value is -1.77. The maximum atomic E-state index is 13.7. The van der Waals surface area contributed by atoms with Crippen LogP contribution in [0.5, 0.6) is 0 Å². The zero-order valence-electron chi connectivity index (χ0n) is 10.9. The second-order valence-electron chi connectivity index (χ2n) is 4.33. The van der Waals surface area contributed by atoms with E-state index >= 15 is 0 Å². The van der Waals surface area contributed by atoms with Gasteiger partial charge in [-0.05, 0) is 24.3 Å². The van der Waals surface area contributed by atoms with E-state index in [1.807, 2.05) is 0 Å². The van der Waals surface area contributed by atoms with E-state index in [0.717, 1.165) is 12.1 Å². The van der Waals surface area contributed by atoms with Crippen LogP contribution in [0.4, 0.5) is 35.1 Å². The van der Waals surface area contributed by atoms with Crippen LogP contribution < -0.4 is 0 Å². The third-order valence-electron chi connectivity index (χ3n) is 2.75. The average molecular weight is 358 g/mol. The number of halogens is 8. The standard InChI is InChI=1S/C14H6F8S/c15-9-5-1-3-7(13(17,18)19)11(9)23-12-8(14(20,21)22)4-2-6-10(12)16/h1-6H. The molecule has 2 rings (SSSR count). The molecule has 0 radical (unpaired) electrons. The van der Waals surface area contributed by atoms with Crippen molar-refractivity contribution in [3.63, 3.8) is 0 Å². The Morgan fingerprint density at radius 3 is 1.26 bits per heavy atom. The van der Waals surface area contributed by atoms with E-state index in [1.54, 1.807) is 0 Å². The van der Waals surface area contributed by atoms with Crippen LogP contribution in [0.25, 0.3) is 0 Å². The first-order chi connectivity index (χ1) is 10.5. The van der Waals surface area contributed by atoms with Gasteiger partial charge in [0.2, 0.25) is 0 Å². The molecule has 0 fully saturated rings. The third-order valence-corrected chi connectivity index (χ3v) is 3.99.